The lowest BCUT2D eigenvalue weighted by atomic mass is 10.2. The Labute approximate surface area is 176 Å². The van der Waals surface area contributed by atoms with E-state index in [1.54, 1.807) is 17.9 Å². The predicted octanol–water partition coefficient (Wildman–Crippen LogP) is 4.00. The first-order chi connectivity index (χ1) is 15.0. The number of aromatic nitrogens is 5. The maximum atomic E-state index is 13.6. The SMILES string of the molecule is CN(Cc1ccc(-n2cccn2)cc1)C(=O)c1cc2nc(C3CC3)cc(C(F)F)n2n1. The van der Waals surface area contributed by atoms with Gasteiger partial charge in [-0.2, -0.15) is 10.2 Å². The zero-order valence-electron chi connectivity index (χ0n) is 16.8. The van der Waals surface area contributed by atoms with Crippen LogP contribution in [0.3, 0.4) is 0 Å². The van der Waals surface area contributed by atoms with Gasteiger partial charge in [0, 0.05) is 43.7 Å². The summed E-state index contributed by atoms with van der Waals surface area (Å²) in [5.41, 5.74) is 2.63. The Morgan fingerprint density at radius 3 is 2.65 bits per heavy atom. The summed E-state index contributed by atoms with van der Waals surface area (Å²) >= 11 is 0. The highest BCUT2D eigenvalue weighted by molar-refractivity contribution is 5.93. The molecule has 9 heteroatoms. The van der Waals surface area contributed by atoms with E-state index in [1.165, 1.54) is 17.0 Å². The number of carbonyl (C=O) groups is 1. The Kier molecular flexibility index (Phi) is 4.72. The van der Waals surface area contributed by atoms with E-state index in [1.807, 2.05) is 36.5 Å². The molecule has 1 fully saturated rings. The molecule has 1 aliphatic rings. The summed E-state index contributed by atoms with van der Waals surface area (Å²) < 4.78 is 30.0. The van der Waals surface area contributed by atoms with Gasteiger partial charge in [-0.05, 0) is 42.7 Å². The minimum atomic E-state index is -2.70. The number of benzene rings is 1. The lowest BCUT2D eigenvalue weighted by Crippen LogP contribution is -2.26. The van der Waals surface area contributed by atoms with Gasteiger partial charge in [-0.15, -0.1) is 0 Å². The lowest BCUT2D eigenvalue weighted by Gasteiger charge is -2.16. The van der Waals surface area contributed by atoms with Gasteiger partial charge in [0.2, 0.25) is 0 Å². The van der Waals surface area contributed by atoms with Crippen LogP contribution in [0.25, 0.3) is 11.3 Å². The molecule has 0 atom stereocenters. The van der Waals surface area contributed by atoms with Crippen molar-refractivity contribution in [3.8, 4) is 5.69 Å². The first-order valence-electron chi connectivity index (χ1n) is 10.0. The molecule has 0 spiro atoms. The van der Waals surface area contributed by atoms with Crippen molar-refractivity contribution >= 4 is 11.6 Å². The monoisotopic (exact) mass is 422 g/mol. The molecular formula is C22H20F2N6O. The molecule has 31 heavy (non-hydrogen) atoms. The molecule has 0 unspecified atom stereocenters. The number of hydrogen-bond acceptors (Lipinski definition) is 4. The van der Waals surface area contributed by atoms with Crippen molar-refractivity contribution in [2.75, 3.05) is 7.05 Å². The number of carbonyl (C=O) groups excluding carboxylic acids is 1. The molecule has 7 nitrogen and oxygen atoms in total. The highest BCUT2D eigenvalue weighted by atomic mass is 19.3. The van der Waals surface area contributed by atoms with Gasteiger partial charge in [-0.25, -0.2) is 23.0 Å². The fourth-order valence-corrected chi connectivity index (χ4v) is 3.58. The van der Waals surface area contributed by atoms with E-state index in [0.29, 0.717) is 12.2 Å². The van der Waals surface area contributed by atoms with Crippen LogP contribution in [0.1, 0.15) is 52.6 Å². The Bertz CT molecular complexity index is 1230. The van der Waals surface area contributed by atoms with E-state index in [9.17, 15) is 13.6 Å². The number of rotatable bonds is 6. The fraction of sp³-hybridized carbons (Fsp3) is 0.273. The molecule has 3 heterocycles. The van der Waals surface area contributed by atoms with Crippen LogP contribution < -0.4 is 0 Å². The molecule has 5 rings (SSSR count). The maximum Gasteiger partial charge on any atom is 0.280 e. The summed E-state index contributed by atoms with van der Waals surface area (Å²) in [4.78, 5) is 18.9. The van der Waals surface area contributed by atoms with E-state index >= 15 is 0 Å². The Morgan fingerprint density at radius 1 is 1.23 bits per heavy atom. The number of hydrogen-bond donors (Lipinski definition) is 0. The largest absolute Gasteiger partial charge is 0.336 e. The zero-order chi connectivity index (χ0) is 21.5. The molecule has 0 bridgehead atoms. The van der Waals surface area contributed by atoms with E-state index in [4.69, 9.17) is 0 Å². The first-order valence-corrected chi connectivity index (χ1v) is 10.0. The van der Waals surface area contributed by atoms with Crippen molar-refractivity contribution in [1.82, 2.24) is 29.3 Å². The van der Waals surface area contributed by atoms with Gasteiger partial charge in [0.05, 0.1) is 5.69 Å². The topological polar surface area (TPSA) is 68.3 Å². The number of amides is 1. The third-order valence-corrected chi connectivity index (χ3v) is 5.38. The second-order valence-electron chi connectivity index (χ2n) is 7.76. The zero-order valence-corrected chi connectivity index (χ0v) is 16.8. The third-order valence-electron chi connectivity index (χ3n) is 5.38. The summed E-state index contributed by atoms with van der Waals surface area (Å²) in [6, 6.07) is 12.4. The summed E-state index contributed by atoms with van der Waals surface area (Å²) in [6.45, 7) is 0.356. The average molecular weight is 422 g/mol. The molecule has 0 N–H and O–H groups in total. The smallest absolute Gasteiger partial charge is 0.280 e. The Morgan fingerprint density at radius 2 is 2.00 bits per heavy atom. The van der Waals surface area contributed by atoms with Crippen molar-refractivity contribution < 1.29 is 13.6 Å². The minimum absolute atomic E-state index is 0.0954. The van der Waals surface area contributed by atoms with Crippen molar-refractivity contribution in [3.05, 3.63) is 77.5 Å². The predicted molar refractivity (Wildman–Crippen MR) is 109 cm³/mol. The standard InChI is InChI=1S/C22H20F2N6O/c1-28(13-14-3-7-16(8-4-14)29-10-2-9-25-29)22(31)18-12-20-26-17(15-5-6-15)11-19(21(23)24)30(20)27-18/h2-4,7-12,15,21H,5-6,13H2,1H3. The maximum absolute atomic E-state index is 13.6. The van der Waals surface area contributed by atoms with Gasteiger partial charge in [-0.3, -0.25) is 4.79 Å². The summed E-state index contributed by atoms with van der Waals surface area (Å²) in [7, 11) is 1.66. The van der Waals surface area contributed by atoms with Crippen LogP contribution in [-0.2, 0) is 6.54 Å². The van der Waals surface area contributed by atoms with Crippen LogP contribution in [0.2, 0.25) is 0 Å². The lowest BCUT2D eigenvalue weighted by molar-refractivity contribution is 0.0778. The molecule has 0 radical (unpaired) electrons. The van der Waals surface area contributed by atoms with E-state index in [-0.39, 0.29) is 28.9 Å². The van der Waals surface area contributed by atoms with Gasteiger partial charge in [-0.1, -0.05) is 12.1 Å². The van der Waals surface area contributed by atoms with Gasteiger partial charge in [0.1, 0.15) is 5.69 Å². The highest BCUT2D eigenvalue weighted by Gasteiger charge is 2.28. The molecule has 1 aromatic carbocycles. The third kappa shape index (κ3) is 3.78. The Hall–Kier alpha value is -3.62. The van der Waals surface area contributed by atoms with Crippen LogP contribution in [0.4, 0.5) is 8.78 Å². The molecule has 3 aromatic heterocycles. The normalized spacial score (nSPS) is 13.8. The average Bonchev–Trinajstić information content (AvgIpc) is 3.30. The van der Waals surface area contributed by atoms with Crippen molar-refractivity contribution in [2.45, 2.75) is 31.7 Å². The minimum Gasteiger partial charge on any atom is -0.336 e. The van der Waals surface area contributed by atoms with Crippen LogP contribution in [0.15, 0.2) is 54.9 Å². The first kappa shape index (κ1) is 19.3. The second kappa shape index (κ2) is 7.57. The number of nitrogens with zero attached hydrogens (tertiary/aromatic N) is 6. The van der Waals surface area contributed by atoms with Crippen molar-refractivity contribution in [1.29, 1.82) is 0 Å². The second-order valence-corrected chi connectivity index (χ2v) is 7.76. The number of fused-ring (bicyclic) bond motifs is 1. The molecule has 4 aromatic rings. The summed E-state index contributed by atoms with van der Waals surface area (Å²) in [5.74, 6) is -0.126. The van der Waals surface area contributed by atoms with Crippen LogP contribution in [0.5, 0.6) is 0 Å². The van der Waals surface area contributed by atoms with E-state index < -0.39 is 6.43 Å². The fourth-order valence-electron chi connectivity index (χ4n) is 3.58. The van der Waals surface area contributed by atoms with Gasteiger partial charge >= 0.3 is 0 Å². The van der Waals surface area contributed by atoms with Crippen molar-refractivity contribution in [2.24, 2.45) is 0 Å². The molecule has 1 saturated carbocycles. The number of halogens is 2. The van der Waals surface area contributed by atoms with E-state index in [2.05, 4.69) is 15.2 Å². The van der Waals surface area contributed by atoms with Crippen LogP contribution in [0, 0.1) is 0 Å². The summed E-state index contributed by atoms with van der Waals surface area (Å²) in [6.07, 6.45) is 2.76. The van der Waals surface area contributed by atoms with Gasteiger partial charge in [0.15, 0.2) is 11.3 Å². The Balaban J connectivity index is 1.37. The molecule has 0 aliphatic heterocycles. The molecule has 158 valence electrons. The summed E-state index contributed by atoms with van der Waals surface area (Å²) in [5, 5.41) is 8.32. The van der Waals surface area contributed by atoms with Gasteiger partial charge < -0.3 is 4.90 Å². The van der Waals surface area contributed by atoms with Crippen molar-refractivity contribution in [3.63, 3.8) is 0 Å². The molecule has 1 aliphatic carbocycles. The van der Waals surface area contributed by atoms with Crippen LogP contribution in [-0.4, -0.2) is 42.2 Å². The van der Waals surface area contributed by atoms with Gasteiger partial charge in [0.25, 0.3) is 12.3 Å². The molecular weight excluding hydrogens is 402 g/mol. The quantitative estimate of drug-likeness (QED) is 0.471. The van der Waals surface area contributed by atoms with Crippen LogP contribution >= 0.6 is 0 Å². The molecule has 0 saturated heterocycles. The molecule has 1 amide bonds. The van der Waals surface area contributed by atoms with E-state index in [0.717, 1.165) is 28.6 Å². The number of alkyl halides is 2. The highest BCUT2D eigenvalue weighted by Crippen LogP contribution is 2.40.